The Bertz CT molecular complexity index is 166. The maximum absolute atomic E-state index is 11.7. The van der Waals surface area contributed by atoms with Crippen molar-refractivity contribution in [2.45, 2.75) is 19.0 Å². The molecule has 1 N–H and O–H groups in total. The molecule has 0 aromatic rings. The average Bonchev–Trinajstić information content (AvgIpc) is 2.10. The van der Waals surface area contributed by atoms with E-state index in [1.165, 1.54) is 0 Å². The van der Waals surface area contributed by atoms with Gasteiger partial charge in [0.25, 0.3) is 0 Å². The molecule has 0 radical (unpaired) electrons. The molecule has 0 aromatic carbocycles. The van der Waals surface area contributed by atoms with Gasteiger partial charge in [-0.15, -0.1) is 0 Å². The van der Waals surface area contributed by atoms with E-state index in [0.717, 1.165) is 0 Å². The maximum atomic E-state index is 11.7. The highest BCUT2D eigenvalue weighted by molar-refractivity contribution is 5.78. The number of carbonyl (C=O) groups is 1. The first-order valence-electron chi connectivity index (χ1n) is 3.31. The quantitative estimate of drug-likeness (QED) is 0.622. The highest BCUT2D eigenvalue weighted by Crippen LogP contribution is 2.27. The lowest BCUT2D eigenvalue weighted by molar-refractivity contribution is -0.143. The minimum Gasteiger partial charge on any atom is -0.356 e. The highest BCUT2D eigenvalue weighted by Gasteiger charge is 2.35. The third-order valence-electron chi connectivity index (χ3n) is 1.58. The Hall–Kier alpha value is -0.740. The molecule has 11 heavy (non-hydrogen) atoms. The molecule has 1 rings (SSSR count). The van der Waals surface area contributed by atoms with Crippen molar-refractivity contribution in [2.75, 3.05) is 6.54 Å². The van der Waals surface area contributed by atoms with E-state index in [1.807, 2.05) is 0 Å². The molecule has 2 nitrogen and oxygen atoms in total. The summed E-state index contributed by atoms with van der Waals surface area (Å²) in [6, 6.07) is 0. The first-order chi connectivity index (χ1) is 4.97. The number of carbonyl (C=O) groups excluding carboxylic acids is 1. The van der Waals surface area contributed by atoms with Crippen molar-refractivity contribution in [1.82, 2.24) is 5.32 Å². The fourth-order valence-electron chi connectivity index (χ4n) is 1.14. The monoisotopic (exact) mass is 167 g/mol. The lowest BCUT2D eigenvalue weighted by Gasteiger charge is -2.09. The van der Waals surface area contributed by atoms with Gasteiger partial charge in [-0.1, -0.05) is 0 Å². The van der Waals surface area contributed by atoms with Crippen molar-refractivity contribution in [3.63, 3.8) is 0 Å². The zero-order valence-electron chi connectivity index (χ0n) is 5.74. The zero-order valence-corrected chi connectivity index (χ0v) is 5.74. The van der Waals surface area contributed by atoms with Crippen LogP contribution in [0.2, 0.25) is 0 Å². The molecule has 1 aliphatic heterocycles. The van der Waals surface area contributed by atoms with Crippen molar-refractivity contribution < 1.29 is 18.0 Å². The van der Waals surface area contributed by atoms with Crippen LogP contribution < -0.4 is 5.32 Å². The molecule has 1 fully saturated rings. The van der Waals surface area contributed by atoms with Gasteiger partial charge in [-0.25, -0.2) is 0 Å². The first kappa shape index (κ1) is 8.36. The molecule has 64 valence electrons. The summed E-state index contributed by atoms with van der Waals surface area (Å²) in [6.45, 7) is 0.165. The van der Waals surface area contributed by atoms with Gasteiger partial charge in [-0.3, -0.25) is 4.79 Å². The number of hydrogen-bond donors (Lipinski definition) is 1. The van der Waals surface area contributed by atoms with Crippen LogP contribution >= 0.6 is 0 Å². The van der Waals surface area contributed by atoms with Crippen LogP contribution in [0.4, 0.5) is 13.2 Å². The lowest BCUT2D eigenvalue weighted by Crippen LogP contribution is -2.17. The summed E-state index contributed by atoms with van der Waals surface area (Å²) in [5.74, 6) is -0.832. The number of halogens is 3. The summed E-state index contributed by atoms with van der Waals surface area (Å²) >= 11 is 0. The summed E-state index contributed by atoms with van der Waals surface area (Å²) in [7, 11) is 0. The van der Waals surface area contributed by atoms with Gasteiger partial charge in [0, 0.05) is 19.4 Å². The SMILES string of the molecule is O=C1C[C@H](CC(F)(F)F)CN1. The van der Waals surface area contributed by atoms with E-state index < -0.39 is 18.5 Å². The Morgan fingerprint density at radius 2 is 2.18 bits per heavy atom. The predicted molar refractivity (Wildman–Crippen MR) is 31.8 cm³/mol. The van der Waals surface area contributed by atoms with Gasteiger partial charge < -0.3 is 5.32 Å². The Kier molecular flexibility index (Phi) is 2.06. The van der Waals surface area contributed by atoms with Crippen molar-refractivity contribution in [3.8, 4) is 0 Å². The molecule has 1 heterocycles. The second kappa shape index (κ2) is 2.71. The fourth-order valence-corrected chi connectivity index (χ4v) is 1.14. The van der Waals surface area contributed by atoms with Gasteiger partial charge in [0.2, 0.25) is 5.91 Å². The Labute approximate surface area is 61.8 Å². The number of hydrogen-bond acceptors (Lipinski definition) is 1. The predicted octanol–water partition coefficient (Wildman–Crippen LogP) is 1.07. The van der Waals surface area contributed by atoms with Gasteiger partial charge in [-0.05, 0) is 5.92 Å². The van der Waals surface area contributed by atoms with Crippen molar-refractivity contribution in [3.05, 3.63) is 0 Å². The Morgan fingerprint density at radius 3 is 2.55 bits per heavy atom. The van der Waals surface area contributed by atoms with E-state index in [1.54, 1.807) is 0 Å². The summed E-state index contributed by atoms with van der Waals surface area (Å²) in [6.07, 6.45) is -4.98. The second-order valence-corrected chi connectivity index (χ2v) is 2.69. The van der Waals surface area contributed by atoms with Gasteiger partial charge in [0.15, 0.2) is 0 Å². The van der Waals surface area contributed by atoms with Crippen LogP contribution in [0.3, 0.4) is 0 Å². The average molecular weight is 167 g/mol. The standard InChI is InChI=1S/C6H8F3NO/c7-6(8,9)2-4-1-5(11)10-3-4/h4H,1-3H2,(H,10,11)/t4-/m1/s1. The van der Waals surface area contributed by atoms with E-state index in [0.29, 0.717) is 0 Å². The maximum Gasteiger partial charge on any atom is 0.389 e. The van der Waals surface area contributed by atoms with Crippen molar-refractivity contribution in [1.29, 1.82) is 0 Å². The molecule has 1 aliphatic rings. The van der Waals surface area contributed by atoms with Crippen LogP contribution in [-0.4, -0.2) is 18.6 Å². The molecule has 1 saturated heterocycles. The lowest BCUT2D eigenvalue weighted by atomic mass is 10.1. The third kappa shape index (κ3) is 2.78. The van der Waals surface area contributed by atoms with Gasteiger partial charge >= 0.3 is 6.18 Å². The van der Waals surface area contributed by atoms with Crippen molar-refractivity contribution in [2.24, 2.45) is 5.92 Å². The van der Waals surface area contributed by atoms with E-state index in [4.69, 9.17) is 0 Å². The molecular weight excluding hydrogens is 159 g/mol. The molecular formula is C6H8F3NO. The molecule has 0 bridgehead atoms. The molecule has 0 unspecified atom stereocenters. The minimum atomic E-state index is -4.14. The van der Waals surface area contributed by atoms with Crippen LogP contribution in [0.5, 0.6) is 0 Å². The van der Waals surface area contributed by atoms with E-state index >= 15 is 0 Å². The molecule has 5 heteroatoms. The van der Waals surface area contributed by atoms with Crippen LogP contribution in [0.1, 0.15) is 12.8 Å². The summed E-state index contributed by atoms with van der Waals surface area (Å²) in [5, 5.41) is 2.35. The molecule has 0 spiro atoms. The van der Waals surface area contributed by atoms with Crippen LogP contribution in [0.15, 0.2) is 0 Å². The van der Waals surface area contributed by atoms with E-state index in [9.17, 15) is 18.0 Å². The molecule has 0 aromatic heterocycles. The third-order valence-corrected chi connectivity index (χ3v) is 1.58. The minimum absolute atomic E-state index is 0.0134. The molecule has 1 atom stereocenters. The van der Waals surface area contributed by atoms with Crippen LogP contribution in [-0.2, 0) is 4.79 Å². The van der Waals surface area contributed by atoms with Crippen LogP contribution in [0.25, 0.3) is 0 Å². The molecule has 0 saturated carbocycles. The second-order valence-electron chi connectivity index (χ2n) is 2.69. The number of amides is 1. The summed E-state index contributed by atoms with van der Waals surface area (Å²) < 4.78 is 35.1. The van der Waals surface area contributed by atoms with E-state index in [2.05, 4.69) is 5.32 Å². The first-order valence-corrected chi connectivity index (χ1v) is 3.31. The highest BCUT2D eigenvalue weighted by atomic mass is 19.4. The Morgan fingerprint density at radius 1 is 1.55 bits per heavy atom. The normalized spacial score (nSPS) is 25.4. The number of rotatable bonds is 1. The van der Waals surface area contributed by atoms with Crippen molar-refractivity contribution >= 4 is 5.91 Å². The number of alkyl halides is 3. The fraction of sp³-hybridized carbons (Fsp3) is 0.833. The summed E-state index contributed by atoms with van der Waals surface area (Å²) in [5.41, 5.74) is 0. The topological polar surface area (TPSA) is 29.1 Å². The zero-order chi connectivity index (χ0) is 8.48. The Balaban J connectivity index is 2.34. The summed E-state index contributed by atoms with van der Waals surface area (Å²) in [4.78, 5) is 10.5. The number of nitrogens with one attached hydrogen (secondary N) is 1. The molecule has 1 amide bonds. The van der Waals surface area contributed by atoms with E-state index in [-0.39, 0.29) is 18.9 Å². The smallest absolute Gasteiger partial charge is 0.356 e. The molecule has 0 aliphatic carbocycles. The largest absolute Gasteiger partial charge is 0.389 e. The van der Waals surface area contributed by atoms with Gasteiger partial charge in [0.1, 0.15) is 0 Å². The van der Waals surface area contributed by atoms with Gasteiger partial charge in [-0.2, -0.15) is 13.2 Å². The van der Waals surface area contributed by atoms with Gasteiger partial charge in [0.05, 0.1) is 0 Å². The van der Waals surface area contributed by atoms with Crippen LogP contribution in [0, 0.1) is 5.92 Å².